The molecule has 0 aliphatic rings. The van der Waals surface area contributed by atoms with E-state index in [0.29, 0.717) is 6.42 Å². The Morgan fingerprint density at radius 1 is 1.08 bits per heavy atom. The summed E-state index contributed by atoms with van der Waals surface area (Å²) in [6, 6.07) is 2.12. The second-order valence-corrected chi connectivity index (χ2v) is 2.93. The summed E-state index contributed by atoms with van der Waals surface area (Å²) in [6.07, 6.45) is 6.35. The van der Waals surface area contributed by atoms with E-state index < -0.39 is 0 Å². The van der Waals surface area contributed by atoms with Gasteiger partial charge in [-0.1, -0.05) is 19.8 Å². The lowest BCUT2D eigenvalue weighted by atomic mass is 10.2. The molecular formula is C10H19NO. The molecule has 0 heterocycles. The topological polar surface area (TPSA) is 33.0 Å². The second-order valence-electron chi connectivity index (χ2n) is 2.93. The molecule has 0 aromatic carbocycles. The molecule has 0 fully saturated rings. The Morgan fingerprint density at radius 3 is 2.33 bits per heavy atom. The van der Waals surface area contributed by atoms with Gasteiger partial charge < -0.3 is 4.74 Å². The third kappa shape index (κ3) is 9.45. The number of nitriles is 1. The summed E-state index contributed by atoms with van der Waals surface area (Å²) >= 11 is 0. The summed E-state index contributed by atoms with van der Waals surface area (Å²) in [5, 5.41) is 8.25. The summed E-state index contributed by atoms with van der Waals surface area (Å²) in [5.41, 5.74) is 0. The van der Waals surface area contributed by atoms with E-state index >= 15 is 0 Å². The van der Waals surface area contributed by atoms with Crippen molar-refractivity contribution in [2.45, 2.75) is 45.4 Å². The largest absolute Gasteiger partial charge is 0.381 e. The van der Waals surface area contributed by atoms with E-state index in [1.54, 1.807) is 0 Å². The van der Waals surface area contributed by atoms with Crippen LogP contribution in [0.25, 0.3) is 0 Å². The van der Waals surface area contributed by atoms with Gasteiger partial charge >= 0.3 is 0 Å². The van der Waals surface area contributed by atoms with Crippen LogP contribution in [-0.4, -0.2) is 13.2 Å². The minimum Gasteiger partial charge on any atom is -0.381 e. The van der Waals surface area contributed by atoms with Gasteiger partial charge in [-0.15, -0.1) is 0 Å². The molecule has 0 rings (SSSR count). The van der Waals surface area contributed by atoms with Crippen LogP contribution < -0.4 is 0 Å². The SMILES string of the molecule is CCCCCOCCCCC#N. The molecule has 12 heavy (non-hydrogen) atoms. The molecule has 70 valence electrons. The molecule has 2 heteroatoms. The predicted octanol–water partition coefficient (Wildman–Crippen LogP) is 2.89. The summed E-state index contributed by atoms with van der Waals surface area (Å²) in [4.78, 5) is 0. The van der Waals surface area contributed by atoms with E-state index in [2.05, 4.69) is 13.0 Å². The van der Waals surface area contributed by atoms with Gasteiger partial charge in [-0.2, -0.15) is 5.26 Å². The predicted molar refractivity (Wildman–Crippen MR) is 49.8 cm³/mol. The number of hydrogen-bond acceptors (Lipinski definition) is 2. The van der Waals surface area contributed by atoms with Crippen molar-refractivity contribution in [3.8, 4) is 6.07 Å². The van der Waals surface area contributed by atoms with Crippen molar-refractivity contribution in [1.82, 2.24) is 0 Å². The first-order valence-electron chi connectivity index (χ1n) is 4.86. The lowest BCUT2D eigenvalue weighted by Gasteiger charge is -2.01. The van der Waals surface area contributed by atoms with Crippen LogP contribution in [0.4, 0.5) is 0 Å². The Morgan fingerprint density at radius 2 is 1.75 bits per heavy atom. The summed E-state index contributed by atoms with van der Waals surface area (Å²) in [5.74, 6) is 0. The molecule has 0 aromatic heterocycles. The molecule has 0 unspecified atom stereocenters. The monoisotopic (exact) mass is 169 g/mol. The number of nitrogens with zero attached hydrogens (tertiary/aromatic N) is 1. The van der Waals surface area contributed by atoms with Crippen molar-refractivity contribution in [2.24, 2.45) is 0 Å². The van der Waals surface area contributed by atoms with Crippen LogP contribution in [0.2, 0.25) is 0 Å². The maximum Gasteiger partial charge on any atom is 0.0621 e. The van der Waals surface area contributed by atoms with E-state index in [4.69, 9.17) is 10.00 Å². The first kappa shape index (κ1) is 11.4. The van der Waals surface area contributed by atoms with Crippen LogP contribution in [0.5, 0.6) is 0 Å². The van der Waals surface area contributed by atoms with Gasteiger partial charge in [-0.25, -0.2) is 0 Å². The van der Waals surface area contributed by atoms with Crippen LogP contribution in [-0.2, 0) is 4.74 Å². The van der Waals surface area contributed by atoms with E-state index in [9.17, 15) is 0 Å². The maximum atomic E-state index is 8.25. The van der Waals surface area contributed by atoms with Crippen LogP contribution in [0.15, 0.2) is 0 Å². The molecule has 0 aromatic rings. The van der Waals surface area contributed by atoms with Gasteiger partial charge in [0.1, 0.15) is 0 Å². The van der Waals surface area contributed by atoms with Crippen LogP contribution in [0.1, 0.15) is 45.4 Å². The lowest BCUT2D eigenvalue weighted by Crippen LogP contribution is -1.96. The highest BCUT2D eigenvalue weighted by atomic mass is 16.5. The normalized spacial score (nSPS) is 9.67. The number of unbranched alkanes of at least 4 members (excludes halogenated alkanes) is 4. The second kappa shape index (κ2) is 10.4. The summed E-state index contributed by atoms with van der Waals surface area (Å²) in [7, 11) is 0. The molecule has 0 N–H and O–H groups in total. The quantitative estimate of drug-likeness (QED) is 0.523. The minimum absolute atomic E-state index is 0.665. The molecule has 0 saturated carbocycles. The van der Waals surface area contributed by atoms with Gasteiger partial charge in [-0.3, -0.25) is 0 Å². The Hall–Kier alpha value is -0.550. The van der Waals surface area contributed by atoms with Crippen LogP contribution >= 0.6 is 0 Å². The third-order valence-electron chi connectivity index (χ3n) is 1.72. The van der Waals surface area contributed by atoms with Crippen molar-refractivity contribution < 1.29 is 4.74 Å². The Bertz CT molecular complexity index is 117. The highest BCUT2D eigenvalue weighted by molar-refractivity contribution is 4.67. The van der Waals surface area contributed by atoms with Crippen molar-refractivity contribution in [3.05, 3.63) is 0 Å². The van der Waals surface area contributed by atoms with Crippen molar-refractivity contribution in [2.75, 3.05) is 13.2 Å². The minimum atomic E-state index is 0.665. The lowest BCUT2D eigenvalue weighted by molar-refractivity contribution is 0.127. The first-order chi connectivity index (χ1) is 5.91. The van der Waals surface area contributed by atoms with Crippen LogP contribution in [0.3, 0.4) is 0 Å². The molecule has 0 atom stereocenters. The standard InChI is InChI=1S/C10H19NO/c1-2-3-6-9-12-10-7-4-5-8-11/h2-7,9-10H2,1H3. The molecule has 0 aliphatic carbocycles. The molecule has 0 saturated heterocycles. The van der Waals surface area contributed by atoms with E-state index in [-0.39, 0.29) is 0 Å². The molecule has 0 bridgehead atoms. The van der Waals surface area contributed by atoms with E-state index in [0.717, 1.165) is 26.1 Å². The maximum absolute atomic E-state index is 8.25. The van der Waals surface area contributed by atoms with Crippen molar-refractivity contribution in [3.63, 3.8) is 0 Å². The van der Waals surface area contributed by atoms with Gasteiger partial charge in [0.15, 0.2) is 0 Å². The molecule has 2 nitrogen and oxygen atoms in total. The Balaban J connectivity index is 2.78. The zero-order chi connectivity index (χ0) is 9.07. The third-order valence-corrected chi connectivity index (χ3v) is 1.72. The van der Waals surface area contributed by atoms with Gasteiger partial charge in [-0.05, 0) is 19.3 Å². The van der Waals surface area contributed by atoms with Gasteiger partial charge in [0.05, 0.1) is 6.07 Å². The number of ether oxygens (including phenoxy) is 1. The molecule has 0 spiro atoms. The number of hydrogen-bond donors (Lipinski definition) is 0. The molecule has 0 amide bonds. The van der Waals surface area contributed by atoms with Gasteiger partial charge in [0, 0.05) is 19.6 Å². The fraction of sp³-hybridized carbons (Fsp3) is 0.900. The highest BCUT2D eigenvalue weighted by Crippen LogP contribution is 1.97. The summed E-state index contributed by atoms with van der Waals surface area (Å²) < 4.78 is 5.37. The van der Waals surface area contributed by atoms with E-state index in [1.165, 1.54) is 19.3 Å². The summed E-state index contributed by atoms with van der Waals surface area (Å²) in [6.45, 7) is 3.90. The Kier molecular flexibility index (Phi) is 9.97. The fourth-order valence-corrected chi connectivity index (χ4v) is 0.964. The van der Waals surface area contributed by atoms with Gasteiger partial charge in [0.25, 0.3) is 0 Å². The smallest absolute Gasteiger partial charge is 0.0621 e. The molecule has 0 aliphatic heterocycles. The molecule has 0 radical (unpaired) electrons. The zero-order valence-electron chi connectivity index (χ0n) is 8.01. The Labute approximate surface area is 75.5 Å². The van der Waals surface area contributed by atoms with Crippen LogP contribution in [0, 0.1) is 11.3 Å². The van der Waals surface area contributed by atoms with Crippen molar-refractivity contribution in [1.29, 1.82) is 5.26 Å². The fourth-order valence-electron chi connectivity index (χ4n) is 0.964. The van der Waals surface area contributed by atoms with E-state index in [1.807, 2.05) is 0 Å². The molecular weight excluding hydrogens is 150 g/mol. The average molecular weight is 169 g/mol. The zero-order valence-corrected chi connectivity index (χ0v) is 8.01. The number of rotatable bonds is 8. The average Bonchev–Trinajstić information content (AvgIpc) is 2.10. The van der Waals surface area contributed by atoms with Crippen molar-refractivity contribution >= 4 is 0 Å². The first-order valence-corrected chi connectivity index (χ1v) is 4.86. The highest BCUT2D eigenvalue weighted by Gasteiger charge is 1.89. The van der Waals surface area contributed by atoms with Gasteiger partial charge in [0.2, 0.25) is 0 Å².